The Bertz CT molecular complexity index is 1810. The summed E-state index contributed by atoms with van der Waals surface area (Å²) in [4.78, 5) is 0.387. The molecule has 0 radical (unpaired) electrons. The maximum atomic E-state index is 13.7. The molecular weight excluding hydrogens is 667 g/mol. The Morgan fingerprint density at radius 2 is 1.65 bits per heavy atom. The third-order valence-electron chi connectivity index (χ3n) is 10.0. The molecule has 2 aliphatic heterocycles. The zero-order valence-electron chi connectivity index (χ0n) is 27.9. The van der Waals surface area contributed by atoms with Crippen LogP contribution in [0, 0.1) is 0 Å². The molecule has 0 aromatic heterocycles. The van der Waals surface area contributed by atoms with Crippen molar-refractivity contribution in [2.45, 2.75) is 77.9 Å². The van der Waals surface area contributed by atoms with Crippen LogP contribution in [0.15, 0.2) is 82.6 Å². The SMILES string of the molecule is CCNCc1ccc(-c2cccc(S(=O)(=O)N3CCC4(CC3)C[C@@H](NCC(O)COc3cccc(S(=O)(=O)C5(CO)CC5)c3)CO4)c2)cc1. The maximum absolute atomic E-state index is 13.7. The van der Waals surface area contributed by atoms with Crippen LogP contribution in [0.3, 0.4) is 0 Å². The lowest BCUT2D eigenvalue weighted by molar-refractivity contribution is -0.0312. The van der Waals surface area contributed by atoms with E-state index in [0.29, 0.717) is 57.6 Å². The average Bonchev–Trinajstić information content (AvgIpc) is 3.85. The maximum Gasteiger partial charge on any atom is 0.243 e. The van der Waals surface area contributed by atoms with E-state index in [-0.39, 0.29) is 29.0 Å². The molecule has 4 N–H and O–H groups in total. The van der Waals surface area contributed by atoms with Gasteiger partial charge in [0.05, 0.1) is 33.4 Å². The first-order valence-corrected chi connectivity index (χ1v) is 20.0. The quantitative estimate of drug-likeness (QED) is 0.185. The Labute approximate surface area is 289 Å². The Kier molecular flexibility index (Phi) is 10.8. The molecule has 2 saturated heterocycles. The molecule has 13 heteroatoms. The van der Waals surface area contributed by atoms with Crippen molar-refractivity contribution in [2.75, 3.05) is 46.0 Å². The fraction of sp³-hybridized carbons (Fsp3) is 0.500. The topological polar surface area (TPSA) is 154 Å². The third-order valence-corrected chi connectivity index (χ3v) is 14.5. The van der Waals surface area contributed by atoms with Crippen molar-refractivity contribution in [1.82, 2.24) is 14.9 Å². The molecule has 1 saturated carbocycles. The molecule has 1 aliphatic carbocycles. The number of hydrogen-bond donors (Lipinski definition) is 4. The van der Waals surface area contributed by atoms with Crippen LogP contribution in [0.5, 0.6) is 5.75 Å². The first-order valence-electron chi connectivity index (χ1n) is 17.0. The van der Waals surface area contributed by atoms with Crippen LogP contribution >= 0.6 is 0 Å². The highest BCUT2D eigenvalue weighted by atomic mass is 32.2. The second kappa shape index (κ2) is 14.8. The van der Waals surface area contributed by atoms with Crippen LogP contribution in [0.25, 0.3) is 11.1 Å². The van der Waals surface area contributed by atoms with E-state index in [1.807, 2.05) is 18.2 Å². The van der Waals surface area contributed by atoms with Crippen molar-refractivity contribution >= 4 is 19.9 Å². The van der Waals surface area contributed by atoms with Crippen molar-refractivity contribution in [1.29, 1.82) is 0 Å². The van der Waals surface area contributed by atoms with Gasteiger partial charge < -0.3 is 30.3 Å². The Morgan fingerprint density at radius 3 is 2.35 bits per heavy atom. The predicted molar refractivity (Wildman–Crippen MR) is 187 cm³/mol. The highest BCUT2D eigenvalue weighted by Crippen LogP contribution is 2.46. The zero-order valence-corrected chi connectivity index (χ0v) is 29.5. The molecule has 3 aromatic rings. The minimum absolute atomic E-state index is 0.000292. The Hall–Kier alpha value is -2.88. The number of ether oxygens (including phenoxy) is 2. The number of aliphatic hydroxyl groups is 2. The minimum Gasteiger partial charge on any atom is -0.491 e. The monoisotopic (exact) mass is 713 g/mol. The number of sulfone groups is 1. The van der Waals surface area contributed by atoms with E-state index in [0.717, 1.165) is 24.2 Å². The number of rotatable bonds is 15. The lowest BCUT2D eigenvalue weighted by atomic mass is 9.88. The first kappa shape index (κ1) is 35.9. The van der Waals surface area contributed by atoms with Gasteiger partial charge in [0.15, 0.2) is 9.84 Å². The van der Waals surface area contributed by atoms with Gasteiger partial charge in [-0.1, -0.05) is 49.4 Å². The molecule has 3 aliphatic rings. The summed E-state index contributed by atoms with van der Waals surface area (Å²) in [5.74, 6) is 0.333. The molecule has 6 rings (SSSR count). The van der Waals surface area contributed by atoms with E-state index in [9.17, 15) is 27.0 Å². The summed E-state index contributed by atoms with van der Waals surface area (Å²) in [7, 11) is -7.35. The Morgan fingerprint density at radius 1 is 0.939 bits per heavy atom. The van der Waals surface area contributed by atoms with E-state index in [1.54, 1.807) is 34.6 Å². The van der Waals surface area contributed by atoms with E-state index >= 15 is 0 Å². The van der Waals surface area contributed by atoms with Crippen molar-refractivity contribution in [3.63, 3.8) is 0 Å². The molecule has 11 nitrogen and oxygen atoms in total. The van der Waals surface area contributed by atoms with Crippen LogP contribution in [-0.2, 0) is 31.1 Å². The summed E-state index contributed by atoms with van der Waals surface area (Å²) in [5, 5.41) is 26.8. The van der Waals surface area contributed by atoms with E-state index in [1.165, 1.54) is 17.7 Å². The van der Waals surface area contributed by atoms with Crippen molar-refractivity contribution in [3.05, 3.63) is 78.4 Å². The van der Waals surface area contributed by atoms with Crippen molar-refractivity contribution < 1.29 is 36.5 Å². The predicted octanol–water partition coefficient (Wildman–Crippen LogP) is 3.10. The lowest BCUT2D eigenvalue weighted by Gasteiger charge is -2.38. The average molecular weight is 714 g/mol. The van der Waals surface area contributed by atoms with Gasteiger partial charge in [0.1, 0.15) is 18.5 Å². The third kappa shape index (κ3) is 7.89. The van der Waals surface area contributed by atoms with E-state index in [4.69, 9.17) is 9.47 Å². The standard InChI is InChI=1S/C36H47N3O8S2/c1-2-37-22-27-9-11-28(12-10-27)29-5-3-8-34(19-29)49(44,45)39-17-15-35(16-18-39)21-30(24-47-35)38-23-31(41)25-46-32-6-4-7-33(20-32)48(42,43)36(26-40)13-14-36/h3-12,19-20,30-31,37-38,40-41H,2,13-18,21-26H2,1H3/t30-,31?/m1/s1. The first-order chi connectivity index (χ1) is 23.5. The fourth-order valence-corrected chi connectivity index (χ4v) is 10.0. The second-order valence-corrected chi connectivity index (χ2v) is 17.8. The van der Waals surface area contributed by atoms with Gasteiger partial charge in [-0.25, -0.2) is 16.8 Å². The highest BCUT2D eigenvalue weighted by Gasteiger charge is 2.54. The molecule has 1 spiro atoms. The van der Waals surface area contributed by atoms with Crippen LogP contribution in [0.2, 0.25) is 0 Å². The molecule has 3 fully saturated rings. The largest absolute Gasteiger partial charge is 0.491 e. The zero-order chi connectivity index (χ0) is 34.7. The van der Waals surface area contributed by atoms with Crippen LogP contribution in [-0.4, -0.2) is 99.8 Å². The van der Waals surface area contributed by atoms with E-state index in [2.05, 4.69) is 29.7 Å². The number of sulfonamides is 1. The molecule has 2 atom stereocenters. The number of aliphatic hydroxyl groups excluding tert-OH is 2. The molecule has 1 unspecified atom stereocenters. The number of benzene rings is 3. The summed E-state index contributed by atoms with van der Waals surface area (Å²) in [6.07, 6.45) is 1.91. The van der Waals surface area contributed by atoms with Gasteiger partial charge >= 0.3 is 0 Å². The summed E-state index contributed by atoms with van der Waals surface area (Å²) < 4.78 is 65.6. The van der Waals surface area contributed by atoms with Gasteiger partial charge in [-0.15, -0.1) is 0 Å². The molecule has 3 aromatic carbocycles. The van der Waals surface area contributed by atoms with Crippen molar-refractivity contribution in [3.8, 4) is 16.9 Å². The fourth-order valence-electron chi connectivity index (χ4n) is 6.71. The second-order valence-electron chi connectivity index (χ2n) is 13.5. The van der Waals surface area contributed by atoms with Crippen molar-refractivity contribution in [2.24, 2.45) is 0 Å². The van der Waals surface area contributed by atoms with Gasteiger partial charge in [-0.3, -0.25) is 0 Å². The summed E-state index contributed by atoms with van der Waals surface area (Å²) >= 11 is 0. The van der Waals surface area contributed by atoms with E-state index < -0.39 is 42.9 Å². The van der Waals surface area contributed by atoms with Gasteiger partial charge in [0.25, 0.3) is 0 Å². The number of nitrogens with zero attached hydrogens (tertiary/aromatic N) is 1. The summed E-state index contributed by atoms with van der Waals surface area (Å²) in [6, 6.07) is 21.5. The molecule has 49 heavy (non-hydrogen) atoms. The number of piperidine rings is 1. The molecule has 0 bridgehead atoms. The summed E-state index contributed by atoms with van der Waals surface area (Å²) in [6.45, 7) is 4.76. The number of hydrogen-bond acceptors (Lipinski definition) is 10. The van der Waals surface area contributed by atoms with Crippen LogP contribution in [0.1, 0.15) is 44.6 Å². The molecule has 2 heterocycles. The van der Waals surface area contributed by atoms with Gasteiger partial charge in [-0.05, 0) is 85.7 Å². The molecule has 0 amide bonds. The highest BCUT2D eigenvalue weighted by molar-refractivity contribution is 7.93. The molecule has 266 valence electrons. The van der Waals surface area contributed by atoms with Crippen LogP contribution in [0.4, 0.5) is 0 Å². The van der Waals surface area contributed by atoms with Gasteiger partial charge in [0.2, 0.25) is 10.0 Å². The Balaban J connectivity index is 0.970. The summed E-state index contributed by atoms with van der Waals surface area (Å²) in [5.41, 5.74) is 2.58. The normalized spacial score (nSPS) is 21.1. The number of nitrogens with one attached hydrogen (secondary N) is 2. The lowest BCUT2D eigenvalue weighted by Crippen LogP contribution is -2.47. The smallest absolute Gasteiger partial charge is 0.243 e. The van der Waals surface area contributed by atoms with Gasteiger partial charge in [0, 0.05) is 32.2 Å². The molecular formula is C36H47N3O8S2. The van der Waals surface area contributed by atoms with Gasteiger partial charge in [-0.2, -0.15) is 4.31 Å². The van der Waals surface area contributed by atoms with Crippen LogP contribution < -0.4 is 15.4 Å². The minimum atomic E-state index is -3.68.